The zero-order valence-electron chi connectivity index (χ0n) is 9.61. The number of aryl methyl sites for hydroxylation is 2. The summed E-state index contributed by atoms with van der Waals surface area (Å²) >= 11 is 0. The van der Waals surface area contributed by atoms with Gasteiger partial charge in [-0.05, 0) is 13.8 Å². The number of hydrogen-bond donors (Lipinski definition) is 1. The van der Waals surface area contributed by atoms with Gasteiger partial charge >= 0.3 is 0 Å². The lowest BCUT2D eigenvalue weighted by molar-refractivity contribution is -0.119. The third kappa shape index (κ3) is 2.03. The average Bonchev–Trinajstić information content (AvgIpc) is 2.54. The lowest BCUT2D eigenvalue weighted by atomic mass is 10.4. The molecule has 2 heterocycles. The molecule has 2 aromatic rings. The van der Waals surface area contributed by atoms with Gasteiger partial charge in [-0.25, -0.2) is 4.98 Å². The summed E-state index contributed by atoms with van der Waals surface area (Å²) in [7, 11) is 0. The zero-order valence-corrected chi connectivity index (χ0v) is 9.61. The highest BCUT2D eigenvalue weighted by Crippen LogP contribution is 2.10. The van der Waals surface area contributed by atoms with E-state index in [1.54, 1.807) is 0 Å². The second-order valence-corrected chi connectivity index (χ2v) is 3.85. The third-order valence-electron chi connectivity index (χ3n) is 2.25. The molecule has 0 radical (unpaired) electrons. The van der Waals surface area contributed by atoms with Gasteiger partial charge in [-0.2, -0.15) is 0 Å². The Bertz CT molecular complexity index is 544. The number of carbonyl (C=O) groups excluding carboxylic acids is 1. The van der Waals surface area contributed by atoms with E-state index in [0.29, 0.717) is 6.54 Å². The van der Waals surface area contributed by atoms with Crippen molar-refractivity contribution in [3.63, 3.8) is 0 Å². The molecule has 1 amide bonds. The van der Waals surface area contributed by atoms with Gasteiger partial charge in [0.1, 0.15) is 5.69 Å². The smallest absolute Gasteiger partial charge is 0.217 e. The van der Waals surface area contributed by atoms with Crippen molar-refractivity contribution in [1.82, 2.24) is 19.7 Å². The van der Waals surface area contributed by atoms with Crippen molar-refractivity contribution in [2.75, 3.05) is 0 Å². The van der Waals surface area contributed by atoms with Gasteiger partial charge in [0.05, 0.1) is 17.9 Å². The van der Waals surface area contributed by atoms with E-state index in [9.17, 15) is 4.79 Å². The molecule has 2 rings (SSSR count). The fourth-order valence-electron chi connectivity index (χ4n) is 1.65. The highest BCUT2D eigenvalue weighted by molar-refractivity contribution is 5.73. The van der Waals surface area contributed by atoms with Crippen molar-refractivity contribution < 1.29 is 4.79 Å². The predicted molar refractivity (Wildman–Crippen MR) is 60.0 cm³/mol. The van der Waals surface area contributed by atoms with Crippen LogP contribution < -0.4 is 5.32 Å². The second-order valence-electron chi connectivity index (χ2n) is 3.85. The minimum atomic E-state index is -0.0651. The Hall–Kier alpha value is -1.91. The first kappa shape index (κ1) is 10.6. The van der Waals surface area contributed by atoms with Gasteiger partial charge in [-0.15, -0.1) is 0 Å². The van der Waals surface area contributed by atoms with Crippen molar-refractivity contribution in [1.29, 1.82) is 0 Å². The summed E-state index contributed by atoms with van der Waals surface area (Å²) in [5, 5.41) is 2.74. The summed E-state index contributed by atoms with van der Waals surface area (Å²) in [5.41, 5.74) is 3.45. The van der Waals surface area contributed by atoms with Gasteiger partial charge in [0.15, 0.2) is 5.65 Å². The maximum atomic E-state index is 10.9. The monoisotopic (exact) mass is 218 g/mol. The number of nitrogens with zero attached hydrogens (tertiary/aromatic N) is 3. The maximum Gasteiger partial charge on any atom is 0.217 e. The van der Waals surface area contributed by atoms with Crippen LogP contribution in [0.5, 0.6) is 0 Å². The van der Waals surface area contributed by atoms with E-state index in [4.69, 9.17) is 0 Å². The Kier molecular flexibility index (Phi) is 2.60. The van der Waals surface area contributed by atoms with E-state index in [-0.39, 0.29) is 5.91 Å². The lowest BCUT2D eigenvalue weighted by Gasteiger charge is -2.05. The lowest BCUT2D eigenvalue weighted by Crippen LogP contribution is -2.20. The molecular weight excluding hydrogens is 204 g/mol. The Morgan fingerprint density at radius 1 is 1.31 bits per heavy atom. The van der Waals surface area contributed by atoms with E-state index >= 15 is 0 Å². The number of nitrogens with one attached hydrogen (secondary N) is 1. The molecule has 0 bridgehead atoms. The first-order chi connectivity index (χ1) is 7.56. The van der Waals surface area contributed by atoms with Crippen LogP contribution in [-0.4, -0.2) is 20.3 Å². The first-order valence-electron chi connectivity index (χ1n) is 5.12. The van der Waals surface area contributed by atoms with Crippen LogP contribution in [0.3, 0.4) is 0 Å². The van der Waals surface area contributed by atoms with Crippen LogP contribution in [0.2, 0.25) is 0 Å². The van der Waals surface area contributed by atoms with Crippen LogP contribution in [0.1, 0.15) is 24.0 Å². The number of carbonyl (C=O) groups is 1. The number of rotatable bonds is 2. The van der Waals surface area contributed by atoms with Crippen LogP contribution in [0.15, 0.2) is 12.4 Å². The second kappa shape index (κ2) is 3.92. The molecule has 1 N–H and O–H groups in total. The van der Waals surface area contributed by atoms with E-state index in [0.717, 1.165) is 22.7 Å². The predicted octanol–water partition coefficient (Wildman–Crippen LogP) is 0.982. The van der Waals surface area contributed by atoms with Gasteiger partial charge in [0.2, 0.25) is 5.91 Å². The molecule has 0 unspecified atom stereocenters. The van der Waals surface area contributed by atoms with Crippen LogP contribution >= 0.6 is 0 Å². The largest absolute Gasteiger partial charge is 0.351 e. The molecule has 0 aromatic carbocycles. The number of amides is 1. The van der Waals surface area contributed by atoms with Crippen molar-refractivity contribution >= 4 is 11.6 Å². The molecule has 0 aliphatic rings. The van der Waals surface area contributed by atoms with Crippen LogP contribution in [0.4, 0.5) is 0 Å². The number of hydrogen-bond acceptors (Lipinski definition) is 3. The molecule has 0 saturated carbocycles. The summed E-state index contributed by atoms with van der Waals surface area (Å²) in [6.07, 6.45) is 3.87. The van der Waals surface area contributed by atoms with Gasteiger partial charge in [-0.1, -0.05) is 0 Å². The standard InChI is InChI=1S/C11H14N4O/c1-7-5-15-6-8(2)14-11(15)10(13-7)4-12-9(3)16/h5-6H,4H2,1-3H3,(H,12,16). The average molecular weight is 218 g/mol. The molecule has 0 aliphatic heterocycles. The van der Waals surface area contributed by atoms with Crippen LogP contribution in [0, 0.1) is 13.8 Å². The number of fused-ring (bicyclic) bond motifs is 1. The van der Waals surface area contributed by atoms with E-state index in [2.05, 4.69) is 15.3 Å². The summed E-state index contributed by atoms with van der Waals surface area (Å²) in [5.74, 6) is -0.0651. The Labute approximate surface area is 93.5 Å². The van der Waals surface area contributed by atoms with Crippen molar-refractivity contribution in [2.24, 2.45) is 0 Å². The quantitative estimate of drug-likeness (QED) is 0.817. The number of imidazole rings is 1. The summed E-state index contributed by atoms with van der Waals surface area (Å²) in [6.45, 7) is 5.76. The van der Waals surface area contributed by atoms with Crippen LogP contribution in [-0.2, 0) is 11.3 Å². The van der Waals surface area contributed by atoms with Gasteiger partial charge in [-0.3, -0.25) is 9.78 Å². The minimum Gasteiger partial charge on any atom is -0.351 e. The highest BCUT2D eigenvalue weighted by Gasteiger charge is 2.07. The molecule has 84 valence electrons. The topological polar surface area (TPSA) is 59.3 Å². The Morgan fingerprint density at radius 2 is 1.94 bits per heavy atom. The molecule has 0 spiro atoms. The summed E-state index contributed by atoms with van der Waals surface area (Å²) in [4.78, 5) is 19.6. The van der Waals surface area contributed by atoms with Crippen LogP contribution in [0.25, 0.3) is 5.65 Å². The van der Waals surface area contributed by atoms with Gasteiger partial charge in [0, 0.05) is 19.3 Å². The molecule has 0 saturated heterocycles. The molecule has 5 heteroatoms. The van der Waals surface area contributed by atoms with Crippen molar-refractivity contribution in [3.05, 3.63) is 29.5 Å². The molecule has 0 fully saturated rings. The third-order valence-corrected chi connectivity index (χ3v) is 2.25. The molecule has 5 nitrogen and oxygen atoms in total. The Balaban J connectivity index is 2.45. The summed E-state index contributed by atoms with van der Waals surface area (Å²) in [6, 6.07) is 0. The van der Waals surface area contributed by atoms with Crippen molar-refractivity contribution in [3.8, 4) is 0 Å². The van der Waals surface area contributed by atoms with Gasteiger partial charge in [0.25, 0.3) is 0 Å². The molecule has 0 atom stereocenters. The molecule has 2 aromatic heterocycles. The maximum absolute atomic E-state index is 10.9. The normalized spacial score (nSPS) is 10.7. The van der Waals surface area contributed by atoms with E-state index < -0.39 is 0 Å². The number of aromatic nitrogens is 3. The SMILES string of the molecule is CC(=O)NCc1nc(C)cn2cc(C)nc12. The molecular formula is C11H14N4O. The summed E-state index contributed by atoms with van der Waals surface area (Å²) < 4.78 is 1.94. The fraction of sp³-hybridized carbons (Fsp3) is 0.364. The minimum absolute atomic E-state index is 0.0651. The Morgan fingerprint density at radius 3 is 2.56 bits per heavy atom. The van der Waals surface area contributed by atoms with Gasteiger partial charge < -0.3 is 9.72 Å². The molecule has 0 aliphatic carbocycles. The molecule has 16 heavy (non-hydrogen) atoms. The highest BCUT2D eigenvalue weighted by atomic mass is 16.1. The van der Waals surface area contributed by atoms with Crippen molar-refractivity contribution in [2.45, 2.75) is 27.3 Å². The van der Waals surface area contributed by atoms with E-state index in [1.807, 2.05) is 30.6 Å². The zero-order chi connectivity index (χ0) is 11.7. The first-order valence-corrected chi connectivity index (χ1v) is 5.12. The fourth-order valence-corrected chi connectivity index (χ4v) is 1.65. The van der Waals surface area contributed by atoms with E-state index in [1.165, 1.54) is 6.92 Å².